The average Bonchev–Trinajstić information content (AvgIpc) is 2.72. The summed E-state index contributed by atoms with van der Waals surface area (Å²) >= 11 is 0. The molecule has 3 nitrogen and oxygen atoms in total. The number of para-hydroxylation sites is 1. The van der Waals surface area contributed by atoms with Gasteiger partial charge in [-0.25, -0.2) is 0 Å². The molecule has 0 aliphatic carbocycles. The second-order valence-electron chi connectivity index (χ2n) is 5.58. The Hall–Kier alpha value is -2.42. The second kappa shape index (κ2) is 4.85. The molecule has 1 aliphatic rings. The van der Waals surface area contributed by atoms with Crippen LogP contribution in [0.4, 0.5) is 5.69 Å². The predicted molar refractivity (Wildman–Crippen MR) is 82.1 cm³/mol. The summed E-state index contributed by atoms with van der Waals surface area (Å²) < 4.78 is 0. The minimum Gasteiger partial charge on any atom is -0.307 e. The highest BCUT2D eigenvalue weighted by Gasteiger charge is 2.50. The number of amides is 1. The highest BCUT2D eigenvalue weighted by atomic mass is 16.2. The molecule has 2 aromatic carbocycles. The highest BCUT2D eigenvalue weighted by molar-refractivity contribution is 6.21. The Balaban J connectivity index is 2.07. The first-order valence-corrected chi connectivity index (χ1v) is 7.01. The summed E-state index contributed by atoms with van der Waals surface area (Å²) in [4.78, 5) is 26.6. The third-order valence-corrected chi connectivity index (χ3v) is 4.29. The number of carbonyl (C=O) groups excluding carboxylic acids is 2. The Morgan fingerprint density at radius 1 is 1.05 bits per heavy atom. The van der Waals surface area contributed by atoms with Crippen molar-refractivity contribution in [3.05, 3.63) is 65.7 Å². The van der Waals surface area contributed by atoms with Crippen LogP contribution in [-0.2, 0) is 21.5 Å². The fourth-order valence-corrected chi connectivity index (χ4v) is 2.89. The van der Waals surface area contributed by atoms with Crippen molar-refractivity contribution in [2.45, 2.75) is 25.8 Å². The van der Waals surface area contributed by atoms with Gasteiger partial charge in [0.15, 0.2) is 0 Å². The Morgan fingerprint density at radius 2 is 1.67 bits per heavy atom. The fraction of sp³-hybridized carbons (Fsp3) is 0.222. The van der Waals surface area contributed by atoms with Crippen LogP contribution in [-0.4, -0.2) is 11.7 Å². The van der Waals surface area contributed by atoms with Gasteiger partial charge < -0.3 is 4.90 Å². The standard InChI is InChI=1S/C18H17NO2/c1-13(20)18(2)15-10-6-7-11-16(15)19(17(18)21)12-14-8-4-3-5-9-14/h3-11H,12H2,1-2H3. The van der Waals surface area contributed by atoms with Crippen LogP contribution >= 0.6 is 0 Å². The van der Waals surface area contributed by atoms with Gasteiger partial charge in [-0.3, -0.25) is 9.59 Å². The van der Waals surface area contributed by atoms with Crippen LogP contribution in [0.25, 0.3) is 0 Å². The van der Waals surface area contributed by atoms with Crippen LogP contribution < -0.4 is 4.90 Å². The smallest absolute Gasteiger partial charge is 0.245 e. The topological polar surface area (TPSA) is 37.4 Å². The van der Waals surface area contributed by atoms with E-state index in [1.165, 1.54) is 6.92 Å². The number of hydrogen-bond acceptors (Lipinski definition) is 2. The number of nitrogens with zero attached hydrogens (tertiary/aromatic N) is 1. The first kappa shape index (κ1) is 13.6. The first-order valence-electron chi connectivity index (χ1n) is 7.01. The van der Waals surface area contributed by atoms with E-state index in [9.17, 15) is 9.59 Å². The van der Waals surface area contributed by atoms with E-state index in [-0.39, 0.29) is 11.7 Å². The summed E-state index contributed by atoms with van der Waals surface area (Å²) in [7, 11) is 0. The second-order valence-corrected chi connectivity index (χ2v) is 5.58. The largest absolute Gasteiger partial charge is 0.307 e. The molecule has 1 heterocycles. The number of carbonyl (C=O) groups is 2. The molecule has 2 aromatic rings. The van der Waals surface area contributed by atoms with Gasteiger partial charge in [-0.1, -0.05) is 48.5 Å². The highest BCUT2D eigenvalue weighted by Crippen LogP contribution is 2.42. The zero-order valence-corrected chi connectivity index (χ0v) is 12.2. The van der Waals surface area contributed by atoms with Gasteiger partial charge >= 0.3 is 0 Å². The average molecular weight is 279 g/mol. The van der Waals surface area contributed by atoms with Crippen molar-refractivity contribution in [2.75, 3.05) is 4.90 Å². The van der Waals surface area contributed by atoms with E-state index in [2.05, 4.69) is 0 Å². The summed E-state index contributed by atoms with van der Waals surface area (Å²) in [5.41, 5.74) is 1.63. The first-order chi connectivity index (χ1) is 10.0. The van der Waals surface area contributed by atoms with Gasteiger partial charge in [0.25, 0.3) is 0 Å². The van der Waals surface area contributed by atoms with Gasteiger partial charge in [0.1, 0.15) is 11.2 Å². The van der Waals surface area contributed by atoms with Crippen LogP contribution in [0.15, 0.2) is 54.6 Å². The Morgan fingerprint density at radius 3 is 2.33 bits per heavy atom. The lowest BCUT2D eigenvalue weighted by molar-refractivity contribution is -0.132. The van der Waals surface area contributed by atoms with E-state index >= 15 is 0 Å². The van der Waals surface area contributed by atoms with E-state index in [0.29, 0.717) is 6.54 Å². The molecule has 3 heteroatoms. The van der Waals surface area contributed by atoms with Crippen LogP contribution in [0, 0.1) is 0 Å². The molecule has 1 atom stereocenters. The number of hydrogen-bond donors (Lipinski definition) is 0. The zero-order chi connectivity index (χ0) is 15.0. The molecule has 0 saturated carbocycles. The maximum atomic E-state index is 12.8. The molecule has 3 rings (SSSR count). The minimum atomic E-state index is -1.06. The van der Waals surface area contributed by atoms with E-state index in [1.807, 2.05) is 54.6 Å². The maximum Gasteiger partial charge on any atom is 0.245 e. The summed E-state index contributed by atoms with van der Waals surface area (Å²) in [5, 5.41) is 0. The van der Waals surface area contributed by atoms with Crippen molar-refractivity contribution < 1.29 is 9.59 Å². The van der Waals surface area contributed by atoms with Crippen molar-refractivity contribution in [3.63, 3.8) is 0 Å². The van der Waals surface area contributed by atoms with Crippen molar-refractivity contribution >= 4 is 17.4 Å². The lowest BCUT2D eigenvalue weighted by Gasteiger charge is -2.21. The molecule has 0 radical (unpaired) electrons. The summed E-state index contributed by atoms with van der Waals surface area (Å²) in [5.74, 6) is -0.254. The van der Waals surface area contributed by atoms with Crippen LogP contribution in [0.2, 0.25) is 0 Å². The van der Waals surface area contributed by atoms with E-state index in [0.717, 1.165) is 16.8 Å². The molecular weight excluding hydrogens is 262 g/mol. The molecular formula is C18H17NO2. The number of ketones is 1. The molecule has 21 heavy (non-hydrogen) atoms. The molecule has 0 aromatic heterocycles. The Kier molecular flexibility index (Phi) is 3.13. The van der Waals surface area contributed by atoms with Gasteiger partial charge in [0.05, 0.1) is 6.54 Å². The molecule has 0 fully saturated rings. The normalized spacial score (nSPS) is 20.5. The minimum absolute atomic E-state index is 0.115. The third kappa shape index (κ3) is 1.97. The molecule has 0 N–H and O–H groups in total. The van der Waals surface area contributed by atoms with Crippen molar-refractivity contribution in [1.29, 1.82) is 0 Å². The molecule has 0 spiro atoms. The van der Waals surface area contributed by atoms with Gasteiger partial charge in [-0.15, -0.1) is 0 Å². The predicted octanol–water partition coefficient (Wildman–Crippen LogP) is 3.08. The third-order valence-electron chi connectivity index (χ3n) is 4.29. The quantitative estimate of drug-likeness (QED) is 0.810. The van der Waals surface area contributed by atoms with Crippen LogP contribution in [0.5, 0.6) is 0 Å². The fourth-order valence-electron chi connectivity index (χ4n) is 2.89. The van der Waals surface area contributed by atoms with Gasteiger partial charge in [0, 0.05) is 5.69 Å². The van der Waals surface area contributed by atoms with Gasteiger partial charge in [-0.05, 0) is 31.0 Å². The van der Waals surface area contributed by atoms with Crippen LogP contribution in [0.1, 0.15) is 25.0 Å². The van der Waals surface area contributed by atoms with Gasteiger partial charge in [0.2, 0.25) is 5.91 Å². The van der Waals surface area contributed by atoms with E-state index in [4.69, 9.17) is 0 Å². The summed E-state index contributed by atoms with van der Waals surface area (Å²) in [6.07, 6.45) is 0. The van der Waals surface area contributed by atoms with Gasteiger partial charge in [-0.2, -0.15) is 0 Å². The maximum absolute atomic E-state index is 12.8. The summed E-state index contributed by atoms with van der Waals surface area (Å²) in [6.45, 7) is 3.70. The number of benzene rings is 2. The number of rotatable bonds is 3. The van der Waals surface area contributed by atoms with Crippen molar-refractivity contribution in [1.82, 2.24) is 0 Å². The number of fused-ring (bicyclic) bond motifs is 1. The Bertz CT molecular complexity index is 708. The Labute approximate surface area is 124 Å². The molecule has 0 bridgehead atoms. The summed E-state index contributed by atoms with van der Waals surface area (Å²) in [6, 6.07) is 17.4. The lowest BCUT2D eigenvalue weighted by Crippen LogP contribution is -2.42. The lowest BCUT2D eigenvalue weighted by atomic mass is 9.80. The SMILES string of the molecule is CC(=O)C1(C)C(=O)N(Cc2ccccc2)c2ccccc21. The molecule has 106 valence electrons. The van der Waals surface area contributed by atoms with E-state index < -0.39 is 5.41 Å². The van der Waals surface area contributed by atoms with Crippen LogP contribution in [0.3, 0.4) is 0 Å². The number of anilines is 1. The molecule has 1 aliphatic heterocycles. The van der Waals surface area contributed by atoms with Crippen molar-refractivity contribution in [2.24, 2.45) is 0 Å². The van der Waals surface area contributed by atoms with E-state index in [1.54, 1.807) is 11.8 Å². The van der Waals surface area contributed by atoms with Crippen molar-refractivity contribution in [3.8, 4) is 0 Å². The zero-order valence-electron chi connectivity index (χ0n) is 12.2. The molecule has 0 saturated heterocycles. The molecule has 1 unspecified atom stereocenters. The number of Topliss-reactive ketones (excluding diaryl/α,β-unsaturated/α-hetero) is 1. The monoisotopic (exact) mass is 279 g/mol. The molecule has 1 amide bonds.